The molecule has 0 aliphatic carbocycles. The Morgan fingerprint density at radius 3 is 2.50 bits per heavy atom. The highest BCUT2D eigenvalue weighted by Gasteiger charge is 2.09. The lowest BCUT2D eigenvalue weighted by atomic mass is 10.2. The Morgan fingerprint density at radius 2 is 1.73 bits per heavy atom. The van der Waals surface area contributed by atoms with Crippen molar-refractivity contribution in [3.05, 3.63) is 71.9 Å². The van der Waals surface area contributed by atoms with Crippen molar-refractivity contribution in [2.24, 2.45) is 0 Å². The zero-order chi connectivity index (χ0) is 18.4. The van der Waals surface area contributed by atoms with Crippen molar-refractivity contribution in [1.29, 1.82) is 0 Å². The molecular formula is C19H16F2N2O2S. The summed E-state index contributed by atoms with van der Waals surface area (Å²) in [6.45, 7) is -1.20. The number of aromatic nitrogens is 2. The highest BCUT2D eigenvalue weighted by Crippen LogP contribution is 2.26. The fraction of sp³-hybridized carbons (Fsp3) is 0.158. The Balaban J connectivity index is 1.66. The van der Waals surface area contributed by atoms with Gasteiger partial charge in [-0.2, -0.15) is 13.8 Å². The van der Waals surface area contributed by atoms with Crippen LogP contribution in [-0.2, 0) is 5.75 Å². The number of benzene rings is 2. The van der Waals surface area contributed by atoms with Crippen LogP contribution in [0.5, 0.6) is 17.4 Å². The van der Waals surface area contributed by atoms with Gasteiger partial charge in [0.1, 0.15) is 11.5 Å². The molecule has 0 saturated carbocycles. The smallest absolute Gasteiger partial charge is 0.388 e. The molecule has 0 N–H and O–H groups in total. The van der Waals surface area contributed by atoms with Crippen LogP contribution in [0.1, 0.15) is 11.3 Å². The topological polar surface area (TPSA) is 44.2 Å². The highest BCUT2D eigenvalue weighted by atomic mass is 32.2. The molecular weight excluding hydrogens is 358 g/mol. The molecule has 1 aromatic heterocycles. The molecule has 1 heterocycles. The van der Waals surface area contributed by atoms with E-state index in [-0.39, 0.29) is 5.88 Å². The van der Waals surface area contributed by atoms with E-state index in [4.69, 9.17) is 4.74 Å². The van der Waals surface area contributed by atoms with Gasteiger partial charge in [-0.3, -0.25) is 0 Å². The Bertz CT molecular complexity index is 863. The number of thioether (sulfide) groups is 1. The van der Waals surface area contributed by atoms with E-state index in [0.29, 0.717) is 16.6 Å². The SMILES string of the molecule is Cc1cc(OC(F)F)nc(SCc2cccc(Oc3ccccc3)c2)n1. The summed E-state index contributed by atoms with van der Waals surface area (Å²) in [5.41, 5.74) is 1.57. The summed E-state index contributed by atoms with van der Waals surface area (Å²) >= 11 is 1.34. The first-order valence-electron chi connectivity index (χ1n) is 7.83. The number of hydrogen-bond acceptors (Lipinski definition) is 5. The normalized spacial score (nSPS) is 10.8. The molecule has 0 spiro atoms. The lowest BCUT2D eigenvalue weighted by Crippen LogP contribution is -2.05. The largest absolute Gasteiger partial charge is 0.457 e. The van der Waals surface area contributed by atoms with Crippen molar-refractivity contribution < 1.29 is 18.3 Å². The van der Waals surface area contributed by atoms with Gasteiger partial charge >= 0.3 is 6.61 Å². The molecule has 0 fully saturated rings. The van der Waals surface area contributed by atoms with Crippen LogP contribution in [0.3, 0.4) is 0 Å². The summed E-state index contributed by atoms with van der Waals surface area (Å²) in [7, 11) is 0. The van der Waals surface area contributed by atoms with Crippen molar-refractivity contribution >= 4 is 11.8 Å². The first-order valence-corrected chi connectivity index (χ1v) is 8.82. The lowest BCUT2D eigenvalue weighted by molar-refractivity contribution is -0.0533. The van der Waals surface area contributed by atoms with E-state index in [1.165, 1.54) is 17.8 Å². The molecule has 134 valence electrons. The third kappa shape index (κ3) is 5.42. The standard InChI is InChI=1S/C19H16F2N2O2S/c1-13-10-17(25-18(20)21)23-19(22-13)26-12-14-6-5-9-16(11-14)24-15-7-3-2-4-8-15/h2-11,18H,12H2,1H3. The number of aryl methyl sites for hydroxylation is 1. The summed E-state index contributed by atoms with van der Waals surface area (Å²) in [4.78, 5) is 8.24. The van der Waals surface area contributed by atoms with Crippen molar-refractivity contribution in [3.8, 4) is 17.4 Å². The number of rotatable bonds is 7. The van der Waals surface area contributed by atoms with Crippen molar-refractivity contribution in [2.45, 2.75) is 24.4 Å². The second-order valence-corrected chi connectivity index (χ2v) is 6.30. The van der Waals surface area contributed by atoms with Crippen LogP contribution >= 0.6 is 11.8 Å². The van der Waals surface area contributed by atoms with E-state index in [2.05, 4.69) is 14.7 Å². The molecule has 0 saturated heterocycles. The van der Waals surface area contributed by atoms with Gasteiger partial charge in [-0.15, -0.1) is 0 Å². The quantitative estimate of drug-likeness (QED) is 0.405. The molecule has 3 aromatic rings. The molecule has 26 heavy (non-hydrogen) atoms. The average Bonchev–Trinajstić information content (AvgIpc) is 2.60. The van der Waals surface area contributed by atoms with Gasteiger partial charge in [-0.1, -0.05) is 42.1 Å². The van der Waals surface area contributed by atoms with E-state index >= 15 is 0 Å². The molecule has 4 nitrogen and oxygen atoms in total. The minimum atomic E-state index is -2.91. The second kappa shape index (κ2) is 8.62. The van der Waals surface area contributed by atoms with Crippen molar-refractivity contribution in [2.75, 3.05) is 0 Å². The van der Waals surface area contributed by atoms with Crippen LogP contribution in [0.15, 0.2) is 65.8 Å². The van der Waals surface area contributed by atoms with Gasteiger partial charge in [0.15, 0.2) is 5.16 Å². The van der Waals surface area contributed by atoms with Gasteiger partial charge in [-0.25, -0.2) is 4.98 Å². The lowest BCUT2D eigenvalue weighted by Gasteiger charge is -2.08. The number of ether oxygens (including phenoxy) is 2. The van der Waals surface area contributed by atoms with Gasteiger partial charge in [0.05, 0.1) is 0 Å². The Labute approximate surface area is 154 Å². The minimum absolute atomic E-state index is 0.129. The predicted octanol–water partition coefficient (Wildman–Crippen LogP) is 5.47. The predicted molar refractivity (Wildman–Crippen MR) is 95.9 cm³/mol. The molecule has 0 atom stereocenters. The summed E-state index contributed by atoms with van der Waals surface area (Å²) in [6.07, 6.45) is 0. The highest BCUT2D eigenvalue weighted by molar-refractivity contribution is 7.98. The Morgan fingerprint density at radius 1 is 0.962 bits per heavy atom. The summed E-state index contributed by atoms with van der Waals surface area (Å²) in [6, 6.07) is 18.5. The van der Waals surface area contributed by atoms with Gasteiger partial charge in [-0.05, 0) is 36.8 Å². The maximum Gasteiger partial charge on any atom is 0.388 e. The Kier molecular flexibility index (Phi) is 6.01. The van der Waals surface area contributed by atoms with Crippen LogP contribution in [0.25, 0.3) is 0 Å². The van der Waals surface area contributed by atoms with Crippen LogP contribution in [0.2, 0.25) is 0 Å². The average molecular weight is 374 g/mol. The number of nitrogens with zero attached hydrogens (tertiary/aromatic N) is 2. The fourth-order valence-electron chi connectivity index (χ4n) is 2.20. The molecule has 0 aliphatic heterocycles. The molecule has 7 heteroatoms. The van der Waals surface area contributed by atoms with Crippen LogP contribution in [-0.4, -0.2) is 16.6 Å². The number of para-hydroxylation sites is 1. The van der Waals surface area contributed by atoms with E-state index < -0.39 is 6.61 Å². The first kappa shape index (κ1) is 18.1. The fourth-order valence-corrected chi connectivity index (χ4v) is 3.04. The van der Waals surface area contributed by atoms with Gasteiger partial charge in [0, 0.05) is 17.5 Å². The maximum absolute atomic E-state index is 12.4. The van der Waals surface area contributed by atoms with Crippen LogP contribution in [0.4, 0.5) is 8.78 Å². The zero-order valence-corrected chi connectivity index (χ0v) is 14.7. The second-order valence-electron chi connectivity index (χ2n) is 5.36. The molecule has 3 rings (SSSR count). The van der Waals surface area contributed by atoms with E-state index in [1.807, 2.05) is 54.6 Å². The molecule has 0 aliphatic rings. The van der Waals surface area contributed by atoms with Gasteiger partial charge in [0.25, 0.3) is 0 Å². The van der Waals surface area contributed by atoms with Crippen LogP contribution < -0.4 is 9.47 Å². The third-order valence-corrected chi connectivity index (χ3v) is 4.18. The van der Waals surface area contributed by atoms with Gasteiger partial charge < -0.3 is 9.47 Å². The molecule has 0 bridgehead atoms. The Hall–Kier alpha value is -2.67. The van der Waals surface area contributed by atoms with E-state index in [9.17, 15) is 8.78 Å². The molecule has 0 amide bonds. The summed E-state index contributed by atoms with van der Waals surface area (Å²) < 4.78 is 34.9. The zero-order valence-electron chi connectivity index (χ0n) is 13.9. The van der Waals surface area contributed by atoms with Gasteiger partial charge in [0.2, 0.25) is 5.88 Å². The maximum atomic E-state index is 12.4. The molecule has 2 aromatic carbocycles. The molecule has 0 unspecified atom stereocenters. The summed E-state index contributed by atoms with van der Waals surface area (Å²) in [5, 5.41) is 0.384. The van der Waals surface area contributed by atoms with Crippen LogP contribution in [0, 0.1) is 6.92 Å². The van der Waals surface area contributed by atoms with Crippen molar-refractivity contribution in [3.63, 3.8) is 0 Å². The van der Waals surface area contributed by atoms with E-state index in [0.717, 1.165) is 17.1 Å². The summed E-state index contributed by atoms with van der Waals surface area (Å²) in [5.74, 6) is 1.93. The number of hydrogen-bond donors (Lipinski definition) is 0. The first-order chi connectivity index (χ1) is 12.6. The minimum Gasteiger partial charge on any atom is -0.457 e. The monoisotopic (exact) mass is 374 g/mol. The number of halogens is 2. The number of alkyl halides is 2. The molecule has 0 radical (unpaired) electrons. The third-order valence-electron chi connectivity index (χ3n) is 3.27. The van der Waals surface area contributed by atoms with E-state index in [1.54, 1.807) is 6.92 Å². The van der Waals surface area contributed by atoms with Crippen molar-refractivity contribution in [1.82, 2.24) is 9.97 Å².